The molecule has 2 aromatic rings. The van der Waals surface area contributed by atoms with Crippen molar-refractivity contribution in [2.45, 2.75) is 48.0 Å². The largest absolute Gasteiger partial charge is 0.493 e. The third kappa shape index (κ3) is 9.25. The minimum Gasteiger partial charge on any atom is -0.493 e. The molecule has 0 fully saturated rings. The van der Waals surface area contributed by atoms with Gasteiger partial charge in [0.15, 0.2) is 34.6 Å². The molecule has 8 heteroatoms. The van der Waals surface area contributed by atoms with Crippen LogP contribution >= 0.6 is 0 Å². The predicted molar refractivity (Wildman–Crippen MR) is 158 cm³/mol. The van der Waals surface area contributed by atoms with Crippen LogP contribution in [0.4, 0.5) is 0 Å². The fraction of sp³-hybridized carbons (Fsp3) is 0.394. The highest BCUT2D eigenvalue weighted by Gasteiger charge is 2.26. The SMILES string of the molecule is COc1cc(C=C(C#N)C(=O)C(C)(C)C)ccc1OCCCOc1ccc(C=C(C#N)C(=O)C(C)(C)C)cc1OC. The second kappa shape index (κ2) is 14.2. The lowest BCUT2D eigenvalue weighted by molar-refractivity contribution is -0.122. The minimum absolute atomic E-state index is 0.0775. The molecule has 0 heterocycles. The van der Waals surface area contributed by atoms with Crippen molar-refractivity contribution >= 4 is 23.7 Å². The summed E-state index contributed by atoms with van der Waals surface area (Å²) in [5.41, 5.74) is 0.145. The molecule has 0 atom stereocenters. The Labute approximate surface area is 242 Å². The first kappa shape index (κ1) is 32.7. The maximum Gasteiger partial charge on any atom is 0.178 e. The Morgan fingerprint density at radius 3 is 1.34 bits per heavy atom. The first-order valence-corrected chi connectivity index (χ1v) is 13.2. The van der Waals surface area contributed by atoms with E-state index in [-0.39, 0.29) is 22.7 Å². The quantitative estimate of drug-likeness (QED) is 0.162. The third-order valence-corrected chi connectivity index (χ3v) is 5.89. The van der Waals surface area contributed by atoms with Crippen molar-refractivity contribution in [1.82, 2.24) is 0 Å². The van der Waals surface area contributed by atoms with Crippen LogP contribution in [0.3, 0.4) is 0 Å². The number of benzene rings is 2. The average Bonchev–Trinajstić information content (AvgIpc) is 2.93. The van der Waals surface area contributed by atoms with E-state index in [2.05, 4.69) is 0 Å². The molecule has 0 N–H and O–H groups in total. The number of ether oxygens (including phenoxy) is 4. The van der Waals surface area contributed by atoms with E-state index >= 15 is 0 Å². The lowest BCUT2D eigenvalue weighted by Crippen LogP contribution is -2.21. The van der Waals surface area contributed by atoms with Crippen LogP contribution in [0.5, 0.6) is 23.0 Å². The summed E-state index contributed by atoms with van der Waals surface area (Å²) in [6, 6.07) is 14.4. The van der Waals surface area contributed by atoms with Crippen LogP contribution in [-0.2, 0) is 9.59 Å². The van der Waals surface area contributed by atoms with Gasteiger partial charge in [-0.1, -0.05) is 53.7 Å². The minimum atomic E-state index is -0.659. The number of carbonyl (C=O) groups is 2. The zero-order valence-electron chi connectivity index (χ0n) is 25.1. The summed E-state index contributed by atoms with van der Waals surface area (Å²) < 4.78 is 22.7. The molecule has 0 saturated carbocycles. The van der Waals surface area contributed by atoms with E-state index in [0.717, 1.165) is 0 Å². The first-order chi connectivity index (χ1) is 19.2. The molecule has 0 aliphatic heterocycles. The number of nitriles is 2. The Hall–Kier alpha value is -4.56. The Bertz CT molecular complexity index is 1300. The van der Waals surface area contributed by atoms with Crippen molar-refractivity contribution in [2.75, 3.05) is 27.4 Å². The molecule has 0 unspecified atom stereocenters. The number of rotatable bonds is 12. The molecule has 2 rings (SSSR count). The number of nitrogens with zero attached hydrogens (tertiary/aromatic N) is 2. The number of ketones is 2. The van der Waals surface area contributed by atoms with E-state index in [1.807, 2.05) is 12.1 Å². The summed E-state index contributed by atoms with van der Waals surface area (Å²) in [5.74, 6) is 1.54. The predicted octanol–water partition coefficient (Wildman–Crippen LogP) is 6.60. The van der Waals surface area contributed by atoms with E-state index in [0.29, 0.717) is 53.8 Å². The van der Waals surface area contributed by atoms with Crippen molar-refractivity contribution in [3.8, 4) is 35.1 Å². The third-order valence-electron chi connectivity index (χ3n) is 5.89. The molecule has 8 nitrogen and oxygen atoms in total. The molecule has 0 bridgehead atoms. The topological polar surface area (TPSA) is 119 Å². The molecule has 2 aromatic carbocycles. The summed E-state index contributed by atoms with van der Waals surface area (Å²) in [4.78, 5) is 25.0. The summed E-state index contributed by atoms with van der Waals surface area (Å²) in [6.45, 7) is 11.3. The zero-order valence-corrected chi connectivity index (χ0v) is 25.1. The highest BCUT2D eigenvalue weighted by molar-refractivity contribution is 6.06. The van der Waals surface area contributed by atoms with Crippen LogP contribution in [0.25, 0.3) is 12.2 Å². The Kier molecular flexibility index (Phi) is 11.3. The van der Waals surface area contributed by atoms with Gasteiger partial charge in [-0.15, -0.1) is 0 Å². The van der Waals surface area contributed by atoms with Gasteiger partial charge in [-0.05, 0) is 47.5 Å². The highest BCUT2D eigenvalue weighted by Crippen LogP contribution is 2.32. The molecule has 0 aliphatic rings. The average molecular weight is 559 g/mol. The number of methoxy groups -OCH3 is 2. The van der Waals surface area contributed by atoms with Crippen molar-refractivity contribution < 1.29 is 28.5 Å². The lowest BCUT2D eigenvalue weighted by atomic mass is 9.86. The maximum atomic E-state index is 12.5. The van der Waals surface area contributed by atoms with Gasteiger partial charge in [0.05, 0.1) is 38.6 Å². The van der Waals surface area contributed by atoms with Crippen LogP contribution in [0.2, 0.25) is 0 Å². The van der Waals surface area contributed by atoms with Gasteiger partial charge in [0.25, 0.3) is 0 Å². The fourth-order valence-corrected chi connectivity index (χ4v) is 3.65. The highest BCUT2D eigenvalue weighted by atomic mass is 16.5. The van der Waals surface area contributed by atoms with Crippen molar-refractivity contribution in [1.29, 1.82) is 10.5 Å². The standard InChI is InChI=1S/C33H38N2O6/c1-32(2,3)30(36)24(20-34)16-22-10-12-26(28(18-22)38-7)40-14-9-15-41-27-13-11-23(19-29(27)39-8)17-25(21-35)31(37)33(4,5)6/h10-13,16-19H,9,14-15H2,1-8H3. The summed E-state index contributed by atoms with van der Waals surface area (Å²) in [5, 5.41) is 18.9. The van der Waals surface area contributed by atoms with Gasteiger partial charge in [0.2, 0.25) is 0 Å². The second-order valence-electron chi connectivity index (χ2n) is 11.4. The summed E-state index contributed by atoms with van der Waals surface area (Å²) >= 11 is 0. The van der Waals surface area contributed by atoms with Gasteiger partial charge < -0.3 is 18.9 Å². The Morgan fingerprint density at radius 2 is 1.05 bits per heavy atom. The molecular formula is C33H38N2O6. The number of carbonyl (C=O) groups excluding carboxylic acids is 2. The van der Waals surface area contributed by atoms with E-state index in [1.54, 1.807) is 90.1 Å². The van der Waals surface area contributed by atoms with Crippen LogP contribution in [0.15, 0.2) is 47.5 Å². The molecule has 0 aromatic heterocycles. The number of Topliss-reactive ketones (excluding diaryl/α,β-unsaturated/α-hetero) is 2. The normalized spacial score (nSPS) is 12.1. The zero-order chi connectivity index (χ0) is 30.8. The van der Waals surface area contributed by atoms with E-state index in [1.165, 1.54) is 14.2 Å². The van der Waals surface area contributed by atoms with Crippen LogP contribution < -0.4 is 18.9 Å². The van der Waals surface area contributed by atoms with Crippen molar-refractivity contribution in [2.24, 2.45) is 10.8 Å². The molecule has 0 amide bonds. The fourth-order valence-electron chi connectivity index (χ4n) is 3.65. The molecule has 41 heavy (non-hydrogen) atoms. The van der Waals surface area contributed by atoms with Crippen molar-refractivity contribution in [3.05, 3.63) is 58.7 Å². The van der Waals surface area contributed by atoms with Gasteiger partial charge in [-0.25, -0.2) is 0 Å². The molecule has 216 valence electrons. The van der Waals surface area contributed by atoms with Gasteiger partial charge >= 0.3 is 0 Å². The monoisotopic (exact) mass is 558 g/mol. The van der Waals surface area contributed by atoms with E-state index in [4.69, 9.17) is 18.9 Å². The maximum absolute atomic E-state index is 12.5. The lowest BCUT2D eigenvalue weighted by Gasteiger charge is -2.16. The Balaban J connectivity index is 2.03. The molecule has 0 radical (unpaired) electrons. The molecular weight excluding hydrogens is 520 g/mol. The van der Waals surface area contributed by atoms with E-state index in [9.17, 15) is 20.1 Å². The number of hydrogen-bond acceptors (Lipinski definition) is 8. The van der Waals surface area contributed by atoms with Crippen LogP contribution in [0.1, 0.15) is 59.1 Å². The molecule has 0 aliphatic carbocycles. The number of allylic oxidation sites excluding steroid dienone is 2. The Morgan fingerprint density at radius 1 is 0.683 bits per heavy atom. The van der Waals surface area contributed by atoms with Gasteiger partial charge in [-0.2, -0.15) is 10.5 Å². The van der Waals surface area contributed by atoms with Gasteiger partial charge in [0, 0.05) is 17.3 Å². The molecule has 0 saturated heterocycles. The second-order valence-corrected chi connectivity index (χ2v) is 11.4. The summed E-state index contributed by atoms with van der Waals surface area (Å²) in [6.07, 6.45) is 3.66. The summed E-state index contributed by atoms with van der Waals surface area (Å²) in [7, 11) is 3.04. The first-order valence-electron chi connectivity index (χ1n) is 13.2. The molecule has 0 spiro atoms. The van der Waals surface area contributed by atoms with E-state index < -0.39 is 10.8 Å². The number of hydrogen-bond donors (Lipinski definition) is 0. The van der Waals surface area contributed by atoms with Gasteiger partial charge in [0.1, 0.15) is 12.1 Å². The van der Waals surface area contributed by atoms with Gasteiger partial charge in [-0.3, -0.25) is 9.59 Å². The van der Waals surface area contributed by atoms with Crippen LogP contribution in [-0.4, -0.2) is 39.0 Å². The van der Waals surface area contributed by atoms with Crippen molar-refractivity contribution in [3.63, 3.8) is 0 Å². The smallest absolute Gasteiger partial charge is 0.178 e. The van der Waals surface area contributed by atoms with Crippen LogP contribution in [0, 0.1) is 33.5 Å².